The number of carbonyl (C=O) groups excluding carboxylic acids is 1. The number of nitrogens with two attached hydrogens (primary N) is 1. The van der Waals surface area contributed by atoms with E-state index in [0.717, 1.165) is 18.5 Å². The molecule has 20 heavy (non-hydrogen) atoms. The number of rotatable bonds is 7. The summed E-state index contributed by atoms with van der Waals surface area (Å²) in [6.45, 7) is 0.576. The van der Waals surface area contributed by atoms with Crippen molar-refractivity contribution < 1.29 is 10.0 Å². The Hall–Kier alpha value is -2.24. The highest BCUT2D eigenvalue weighted by Gasteiger charge is 2.05. The van der Waals surface area contributed by atoms with Gasteiger partial charge in [0.2, 0.25) is 0 Å². The zero-order valence-electron chi connectivity index (χ0n) is 12.0. The number of amidine groups is 1. The molecule has 0 aliphatic rings. The van der Waals surface area contributed by atoms with Crippen LogP contribution in [0.25, 0.3) is 0 Å². The number of nitrogens with zero attached hydrogens (tertiary/aromatic N) is 2. The van der Waals surface area contributed by atoms with Crippen LogP contribution in [-0.4, -0.2) is 37.6 Å². The van der Waals surface area contributed by atoms with Gasteiger partial charge in [0.15, 0.2) is 0 Å². The molecule has 110 valence electrons. The van der Waals surface area contributed by atoms with E-state index >= 15 is 0 Å². The molecule has 1 aromatic rings. The zero-order valence-corrected chi connectivity index (χ0v) is 12.0. The summed E-state index contributed by atoms with van der Waals surface area (Å²) < 4.78 is 0. The number of nitrogens with one attached hydrogen (secondary N) is 1. The minimum absolute atomic E-state index is 0.0842. The lowest BCUT2D eigenvalue weighted by Crippen LogP contribution is -2.24. The fraction of sp³-hybridized carbons (Fsp3) is 0.429. The smallest absolute Gasteiger partial charge is 0.251 e. The van der Waals surface area contributed by atoms with Gasteiger partial charge in [-0.25, -0.2) is 0 Å². The second-order valence-electron chi connectivity index (χ2n) is 4.75. The van der Waals surface area contributed by atoms with Crippen molar-refractivity contribution in [1.82, 2.24) is 5.32 Å². The minimum atomic E-state index is -0.0842. The van der Waals surface area contributed by atoms with Crippen molar-refractivity contribution in [1.29, 1.82) is 0 Å². The highest BCUT2D eigenvalue weighted by Crippen LogP contribution is 2.12. The molecule has 1 aromatic carbocycles. The van der Waals surface area contributed by atoms with Gasteiger partial charge in [-0.05, 0) is 37.1 Å². The van der Waals surface area contributed by atoms with Gasteiger partial charge in [0.25, 0.3) is 5.91 Å². The summed E-state index contributed by atoms with van der Waals surface area (Å²) in [6, 6.07) is 7.43. The number of carbonyl (C=O) groups is 1. The number of unbranched alkanes of at least 4 members (excludes halogenated alkanes) is 1. The van der Waals surface area contributed by atoms with Gasteiger partial charge in [-0.2, -0.15) is 0 Å². The lowest BCUT2D eigenvalue weighted by molar-refractivity contribution is 0.0953. The number of amides is 1. The third kappa shape index (κ3) is 5.17. The van der Waals surface area contributed by atoms with Crippen molar-refractivity contribution >= 4 is 17.4 Å². The van der Waals surface area contributed by atoms with Gasteiger partial charge in [-0.15, -0.1) is 0 Å². The Morgan fingerprint density at radius 2 is 1.95 bits per heavy atom. The first-order chi connectivity index (χ1) is 9.54. The Balaban J connectivity index is 2.32. The molecular weight excluding hydrogens is 256 g/mol. The van der Waals surface area contributed by atoms with Crippen LogP contribution in [0.3, 0.4) is 0 Å². The summed E-state index contributed by atoms with van der Waals surface area (Å²) in [4.78, 5) is 13.8. The van der Waals surface area contributed by atoms with Crippen molar-refractivity contribution in [3.63, 3.8) is 0 Å². The number of anilines is 1. The molecular formula is C14H22N4O2. The summed E-state index contributed by atoms with van der Waals surface area (Å²) in [5, 5.41) is 14.1. The standard InChI is InChI=1S/C14H22N4O2/c1-18(2)12-8-6-11(7-9-12)14(19)16-10-4-3-5-13(15)17-20/h6-9,20H,3-5,10H2,1-2H3,(H2,15,17)(H,16,19). The van der Waals surface area contributed by atoms with Gasteiger partial charge in [-0.1, -0.05) is 5.16 Å². The molecule has 6 nitrogen and oxygen atoms in total. The lowest BCUT2D eigenvalue weighted by Gasteiger charge is -2.12. The summed E-state index contributed by atoms with van der Waals surface area (Å²) in [5.41, 5.74) is 7.05. The Bertz CT molecular complexity index is 455. The molecule has 0 saturated heterocycles. The minimum Gasteiger partial charge on any atom is -0.409 e. The largest absolute Gasteiger partial charge is 0.409 e. The van der Waals surface area contributed by atoms with Crippen LogP contribution in [0.15, 0.2) is 29.4 Å². The number of hydrogen-bond donors (Lipinski definition) is 3. The average molecular weight is 278 g/mol. The predicted octanol–water partition coefficient (Wildman–Crippen LogP) is 1.40. The van der Waals surface area contributed by atoms with E-state index in [0.29, 0.717) is 18.5 Å². The van der Waals surface area contributed by atoms with Crippen LogP contribution >= 0.6 is 0 Å². The van der Waals surface area contributed by atoms with E-state index in [4.69, 9.17) is 10.9 Å². The number of benzene rings is 1. The Kier molecular flexibility index (Phi) is 6.36. The van der Waals surface area contributed by atoms with E-state index in [-0.39, 0.29) is 11.7 Å². The van der Waals surface area contributed by atoms with Crippen LogP contribution in [0, 0.1) is 0 Å². The van der Waals surface area contributed by atoms with E-state index < -0.39 is 0 Å². The highest BCUT2D eigenvalue weighted by atomic mass is 16.4. The second kappa shape index (κ2) is 8.04. The molecule has 1 amide bonds. The maximum Gasteiger partial charge on any atom is 0.251 e. The van der Waals surface area contributed by atoms with Crippen molar-refractivity contribution in [2.24, 2.45) is 10.9 Å². The molecule has 0 bridgehead atoms. The summed E-state index contributed by atoms with van der Waals surface area (Å²) in [5.74, 6) is 0.134. The van der Waals surface area contributed by atoms with Gasteiger partial charge in [0, 0.05) is 38.3 Å². The third-order valence-corrected chi connectivity index (χ3v) is 2.92. The zero-order chi connectivity index (χ0) is 15.0. The van der Waals surface area contributed by atoms with Crippen LogP contribution in [0.1, 0.15) is 29.6 Å². The number of oxime groups is 1. The molecule has 0 atom stereocenters. The maximum absolute atomic E-state index is 11.9. The summed E-state index contributed by atoms with van der Waals surface area (Å²) in [6.07, 6.45) is 2.09. The van der Waals surface area contributed by atoms with Gasteiger partial charge in [-0.3, -0.25) is 4.79 Å². The van der Waals surface area contributed by atoms with Crippen LogP contribution in [-0.2, 0) is 0 Å². The molecule has 0 unspecified atom stereocenters. The highest BCUT2D eigenvalue weighted by molar-refractivity contribution is 5.94. The first kappa shape index (κ1) is 15.8. The first-order valence-electron chi connectivity index (χ1n) is 6.56. The fourth-order valence-corrected chi connectivity index (χ4v) is 1.70. The molecule has 4 N–H and O–H groups in total. The third-order valence-electron chi connectivity index (χ3n) is 2.92. The van der Waals surface area contributed by atoms with Gasteiger partial charge < -0.3 is 21.2 Å². The molecule has 0 saturated carbocycles. The monoisotopic (exact) mass is 278 g/mol. The van der Waals surface area contributed by atoms with Gasteiger partial charge in [0.05, 0.1) is 0 Å². The normalized spacial score (nSPS) is 11.2. The van der Waals surface area contributed by atoms with E-state index in [2.05, 4.69) is 10.5 Å². The van der Waals surface area contributed by atoms with Crippen molar-refractivity contribution in [2.75, 3.05) is 25.5 Å². The quantitative estimate of drug-likeness (QED) is 0.231. The van der Waals surface area contributed by atoms with Crippen molar-refractivity contribution in [3.05, 3.63) is 29.8 Å². The lowest BCUT2D eigenvalue weighted by atomic mass is 10.2. The van der Waals surface area contributed by atoms with Crippen LogP contribution in [0.2, 0.25) is 0 Å². The van der Waals surface area contributed by atoms with E-state index in [9.17, 15) is 4.79 Å². The van der Waals surface area contributed by atoms with Crippen LogP contribution in [0.5, 0.6) is 0 Å². The van der Waals surface area contributed by atoms with Gasteiger partial charge in [0.1, 0.15) is 5.84 Å². The molecule has 6 heteroatoms. The van der Waals surface area contributed by atoms with E-state index in [1.54, 1.807) is 12.1 Å². The summed E-state index contributed by atoms with van der Waals surface area (Å²) in [7, 11) is 3.91. The molecule has 0 radical (unpaired) electrons. The molecule has 0 aromatic heterocycles. The fourth-order valence-electron chi connectivity index (χ4n) is 1.70. The average Bonchev–Trinajstić information content (AvgIpc) is 2.46. The Morgan fingerprint density at radius 1 is 1.30 bits per heavy atom. The SMILES string of the molecule is CN(C)c1ccc(C(=O)NCCCCC(N)=NO)cc1. The summed E-state index contributed by atoms with van der Waals surface area (Å²) >= 11 is 0. The molecule has 0 aliphatic heterocycles. The Labute approximate surface area is 119 Å². The Morgan fingerprint density at radius 3 is 2.50 bits per heavy atom. The number of hydrogen-bond acceptors (Lipinski definition) is 4. The first-order valence-corrected chi connectivity index (χ1v) is 6.56. The topological polar surface area (TPSA) is 91.0 Å². The van der Waals surface area contributed by atoms with E-state index in [1.165, 1.54) is 0 Å². The molecule has 0 heterocycles. The molecule has 1 rings (SSSR count). The second-order valence-corrected chi connectivity index (χ2v) is 4.75. The van der Waals surface area contributed by atoms with E-state index in [1.807, 2.05) is 31.1 Å². The van der Waals surface area contributed by atoms with Crippen LogP contribution < -0.4 is 16.0 Å². The maximum atomic E-state index is 11.9. The van der Waals surface area contributed by atoms with Gasteiger partial charge >= 0.3 is 0 Å². The van der Waals surface area contributed by atoms with Crippen molar-refractivity contribution in [3.8, 4) is 0 Å². The molecule has 0 spiro atoms. The molecule has 0 aliphatic carbocycles. The van der Waals surface area contributed by atoms with Crippen LogP contribution in [0.4, 0.5) is 5.69 Å². The molecule has 0 fully saturated rings. The predicted molar refractivity (Wildman–Crippen MR) is 80.4 cm³/mol. The van der Waals surface area contributed by atoms with Crippen molar-refractivity contribution in [2.45, 2.75) is 19.3 Å².